The molecular weight excluding hydrogens is 326 g/mol. The number of aliphatic carboxylic acids is 1. The summed E-state index contributed by atoms with van der Waals surface area (Å²) in [6, 6.07) is 11.7. The first-order valence-corrected chi connectivity index (χ1v) is 8.87. The van der Waals surface area contributed by atoms with Gasteiger partial charge in [-0.25, -0.2) is 4.68 Å². The van der Waals surface area contributed by atoms with Gasteiger partial charge in [0.1, 0.15) is 11.6 Å². The molecule has 1 aromatic carbocycles. The zero-order chi connectivity index (χ0) is 17.1. The molecule has 24 heavy (non-hydrogen) atoms. The van der Waals surface area contributed by atoms with Gasteiger partial charge in [-0.3, -0.25) is 9.00 Å². The molecule has 6 nitrogen and oxygen atoms in total. The monoisotopic (exact) mass is 343 g/mol. The quantitative estimate of drug-likeness (QED) is 0.745. The van der Waals surface area contributed by atoms with Crippen LogP contribution < -0.4 is 0 Å². The Balaban J connectivity index is 2.03. The third-order valence-electron chi connectivity index (χ3n) is 3.55. The predicted molar refractivity (Wildman–Crippen MR) is 92.0 cm³/mol. The van der Waals surface area contributed by atoms with Crippen LogP contribution in [0.5, 0.6) is 0 Å². The summed E-state index contributed by atoms with van der Waals surface area (Å²) < 4.78 is 15.7. The molecule has 0 aliphatic rings. The van der Waals surface area contributed by atoms with Gasteiger partial charge in [0.15, 0.2) is 0 Å². The molecule has 3 rings (SSSR count). The third kappa shape index (κ3) is 3.46. The highest BCUT2D eigenvalue weighted by Crippen LogP contribution is 2.21. The zero-order valence-corrected chi connectivity index (χ0v) is 13.9. The lowest BCUT2D eigenvalue weighted by atomic mass is 10.2. The van der Waals surface area contributed by atoms with Crippen molar-refractivity contribution in [3.63, 3.8) is 0 Å². The van der Waals surface area contributed by atoms with Gasteiger partial charge in [0.05, 0.1) is 17.6 Å². The summed E-state index contributed by atoms with van der Waals surface area (Å²) in [5.74, 6) is -0.531. The molecule has 1 unspecified atom stereocenters. The van der Waals surface area contributed by atoms with Gasteiger partial charge in [-0.1, -0.05) is 17.7 Å². The van der Waals surface area contributed by atoms with Crippen LogP contribution >= 0.6 is 0 Å². The maximum Gasteiger partial charge on any atom is 0.316 e. The standard InChI is InChI=1S/C17H17N3O3S/c1-13-4-6-15(7-5-13)20-17(19-8-2-3-9-19)14(10-18-20)11-24(23)12-16(21)22/h2-10H,11-12H2,1H3,(H,21,22). The topological polar surface area (TPSA) is 77.1 Å². The number of rotatable bonds is 6. The summed E-state index contributed by atoms with van der Waals surface area (Å²) in [7, 11) is -1.49. The van der Waals surface area contributed by atoms with Crippen molar-refractivity contribution in [2.24, 2.45) is 0 Å². The summed E-state index contributed by atoms with van der Waals surface area (Å²) in [5.41, 5.74) is 2.78. The van der Waals surface area contributed by atoms with Gasteiger partial charge < -0.3 is 9.67 Å². The number of carboxylic acids is 1. The van der Waals surface area contributed by atoms with Crippen LogP contribution in [0.2, 0.25) is 0 Å². The van der Waals surface area contributed by atoms with Crippen LogP contribution in [-0.4, -0.2) is 35.4 Å². The Labute approximate surface area is 141 Å². The Morgan fingerprint density at radius 2 is 1.88 bits per heavy atom. The van der Waals surface area contributed by atoms with Crippen molar-refractivity contribution in [1.29, 1.82) is 0 Å². The van der Waals surface area contributed by atoms with Crippen molar-refractivity contribution in [3.05, 3.63) is 66.1 Å². The Kier molecular flexibility index (Phi) is 4.61. The Bertz CT molecular complexity index is 867. The SMILES string of the molecule is Cc1ccc(-n2ncc(CS(=O)CC(=O)O)c2-n2cccc2)cc1. The van der Waals surface area contributed by atoms with Crippen molar-refractivity contribution < 1.29 is 14.1 Å². The highest BCUT2D eigenvalue weighted by atomic mass is 32.2. The van der Waals surface area contributed by atoms with Crippen LogP contribution in [0, 0.1) is 6.92 Å². The Morgan fingerprint density at radius 3 is 2.50 bits per heavy atom. The average Bonchev–Trinajstić information content (AvgIpc) is 3.16. The van der Waals surface area contributed by atoms with Gasteiger partial charge >= 0.3 is 5.97 Å². The van der Waals surface area contributed by atoms with Crippen LogP contribution in [-0.2, 0) is 21.3 Å². The molecule has 1 atom stereocenters. The summed E-state index contributed by atoms with van der Waals surface area (Å²) >= 11 is 0. The summed E-state index contributed by atoms with van der Waals surface area (Å²) in [4.78, 5) is 10.8. The molecule has 0 saturated carbocycles. The Hall–Kier alpha value is -2.67. The first-order chi connectivity index (χ1) is 11.5. The third-order valence-corrected chi connectivity index (χ3v) is 4.75. The van der Waals surface area contributed by atoms with E-state index in [0.717, 1.165) is 22.6 Å². The molecule has 7 heteroatoms. The number of hydrogen-bond acceptors (Lipinski definition) is 3. The molecule has 0 fully saturated rings. The minimum atomic E-state index is -1.49. The molecular formula is C17H17N3O3S. The van der Waals surface area contributed by atoms with E-state index in [-0.39, 0.29) is 11.5 Å². The van der Waals surface area contributed by atoms with Gasteiger partial charge in [-0.15, -0.1) is 0 Å². The summed E-state index contributed by atoms with van der Waals surface area (Å²) in [6.07, 6.45) is 5.41. The average molecular weight is 343 g/mol. The molecule has 0 radical (unpaired) electrons. The fraction of sp³-hybridized carbons (Fsp3) is 0.176. The van der Waals surface area contributed by atoms with Crippen molar-refractivity contribution in [3.8, 4) is 11.5 Å². The van der Waals surface area contributed by atoms with Crippen LogP contribution in [0.15, 0.2) is 55.0 Å². The minimum absolute atomic E-state index is 0.145. The fourth-order valence-corrected chi connectivity index (χ4v) is 3.39. The van der Waals surface area contributed by atoms with E-state index in [4.69, 9.17) is 5.11 Å². The summed E-state index contributed by atoms with van der Waals surface area (Å²) in [6.45, 7) is 2.01. The van der Waals surface area contributed by atoms with E-state index in [9.17, 15) is 9.00 Å². The van der Waals surface area contributed by atoms with E-state index in [1.54, 1.807) is 10.9 Å². The zero-order valence-electron chi connectivity index (χ0n) is 13.1. The van der Waals surface area contributed by atoms with Gasteiger partial charge in [0.25, 0.3) is 0 Å². The molecule has 0 amide bonds. The molecule has 0 saturated heterocycles. The lowest BCUT2D eigenvalue weighted by Crippen LogP contribution is -2.12. The smallest absolute Gasteiger partial charge is 0.316 e. The fourth-order valence-electron chi connectivity index (χ4n) is 2.47. The first kappa shape index (κ1) is 16.2. The Morgan fingerprint density at radius 1 is 1.21 bits per heavy atom. The van der Waals surface area contributed by atoms with Gasteiger partial charge in [-0.2, -0.15) is 5.10 Å². The van der Waals surface area contributed by atoms with Crippen molar-refractivity contribution >= 4 is 16.8 Å². The second-order valence-corrected chi connectivity index (χ2v) is 6.91. The van der Waals surface area contributed by atoms with Gasteiger partial charge in [-0.05, 0) is 31.2 Å². The number of benzene rings is 1. The van der Waals surface area contributed by atoms with Crippen LogP contribution in [0.25, 0.3) is 11.5 Å². The molecule has 0 aliphatic heterocycles. The largest absolute Gasteiger partial charge is 0.481 e. The predicted octanol–water partition coefficient (Wildman–Crippen LogP) is 2.30. The maximum atomic E-state index is 12.0. The number of nitrogens with zero attached hydrogens (tertiary/aromatic N) is 3. The summed E-state index contributed by atoms with van der Waals surface area (Å²) in [5, 5.41) is 13.2. The second-order valence-electron chi connectivity index (χ2n) is 5.45. The second kappa shape index (κ2) is 6.84. The number of carboxylic acid groups (broad SMARTS) is 1. The van der Waals surface area contributed by atoms with Gasteiger partial charge in [0.2, 0.25) is 0 Å². The highest BCUT2D eigenvalue weighted by Gasteiger charge is 2.17. The van der Waals surface area contributed by atoms with E-state index in [2.05, 4.69) is 5.10 Å². The van der Waals surface area contributed by atoms with Crippen LogP contribution in [0.1, 0.15) is 11.1 Å². The van der Waals surface area contributed by atoms with E-state index in [0.29, 0.717) is 0 Å². The molecule has 2 heterocycles. The van der Waals surface area contributed by atoms with Crippen molar-refractivity contribution in [2.75, 3.05) is 5.75 Å². The van der Waals surface area contributed by atoms with E-state index in [1.165, 1.54) is 0 Å². The number of aryl methyl sites for hydroxylation is 1. The van der Waals surface area contributed by atoms with Crippen molar-refractivity contribution in [2.45, 2.75) is 12.7 Å². The first-order valence-electron chi connectivity index (χ1n) is 7.38. The highest BCUT2D eigenvalue weighted by molar-refractivity contribution is 7.84. The maximum absolute atomic E-state index is 12.0. The van der Waals surface area contributed by atoms with Crippen molar-refractivity contribution in [1.82, 2.24) is 14.3 Å². The van der Waals surface area contributed by atoms with Gasteiger partial charge in [0, 0.05) is 28.8 Å². The number of aromatic nitrogens is 3. The molecule has 2 aromatic heterocycles. The van der Waals surface area contributed by atoms with E-state index < -0.39 is 16.8 Å². The molecule has 1 N–H and O–H groups in total. The van der Waals surface area contributed by atoms with E-state index >= 15 is 0 Å². The number of carbonyl (C=O) groups is 1. The van der Waals surface area contributed by atoms with E-state index in [1.807, 2.05) is 60.3 Å². The molecule has 0 aliphatic carbocycles. The molecule has 0 bridgehead atoms. The number of hydrogen-bond donors (Lipinski definition) is 1. The molecule has 3 aromatic rings. The molecule has 124 valence electrons. The lowest BCUT2D eigenvalue weighted by Gasteiger charge is -2.11. The lowest BCUT2D eigenvalue weighted by molar-refractivity contribution is -0.133. The minimum Gasteiger partial charge on any atom is -0.481 e. The normalized spacial score (nSPS) is 12.2. The van der Waals surface area contributed by atoms with Crippen LogP contribution in [0.3, 0.4) is 0 Å². The molecule has 0 spiro atoms. The van der Waals surface area contributed by atoms with Crippen LogP contribution in [0.4, 0.5) is 0 Å².